The monoisotopic (exact) mass is 334 g/mol. The van der Waals surface area contributed by atoms with Crippen molar-refractivity contribution in [2.75, 3.05) is 19.7 Å². The Labute approximate surface area is 144 Å². The van der Waals surface area contributed by atoms with E-state index >= 15 is 0 Å². The summed E-state index contributed by atoms with van der Waals surface area (Å²) < 4.78 is 7.58. The van der Waals surface area contributed by atoms with E-state index in [2.05, 4.69) is 15.2 Å². The Hall–Kier alpha value is -1.40. The first-order valence-electron chi connectivity index (χ1n) is 9.10. The number of hydrogen-bond donors (Lipinski definition) is 1. The fourth-order valence-electron chi connectivity index (χ4n) is 3.83. The first kappa shape index (κ1) is 17.4. The quantitative estimate of drug-likeness (QED) is 0.825. The molecule has 1 N–H and O–H groups in total. The molecule has 2 aliphatic rings. The maximum absolute atomic E-state index is 12.9. The molecule has 0 aromatic carbocycles. The number of ether oxygens (including phenoxy) is 1. The fourth-order valence-corrected chi connectivity index (χ4v) is 3.83. The first-order chi connectivity index (χ1) is 11.5. The van der Waals surface area contributed by atoms with Gasteiger partial charge in [-0.3, -0.25) is 4.79 Å². The zero-order chi connectivity index (χ0) is 17.2. The Balaban J connectivity index is 1.67. The van der Waals surface area contributed by atoms with Crippen molar-refractivity contribution in [2.24, 2.45) is 12.5 Å². The molecule has 1 saturated heterocycles. The Morgan fingerprint density at radius 2 is 2.25 bits per heavy atom. The molecule has 1 aromatic heterocycles. The van der Waals surface area contributed by atoms with E-state index in [0.29, 0.717) is 31.0 Å². The lowest BCUT2D eigenvalue weighted by Gasteiger charge is -2.29. The van der Waals surface area contributed by atoms with Crippen LogP contribution in [0.15, 0.2) is 12.4 Å². The SMILES string of the molecule is CC(C)OCCC(=O)N(Cc1nccn1C)C1CC12CCNCC2. The lowest BCUT2D eigenvalue weighted by molar-refractivity contribution is -0.134. The third-order valence-electron chi connectivity index (χ3n) is 5.44. The molecule has 3 rings (SSSR count). The second-order valence-electron chi connectivity index (χ2n) is 7.48. The average molecular weight is 334 g/mol. The fraction of sp³-hybridized carbons (Fsp3) is 0.778. The van der Waals surface area contributed by atoms with E-state index in [4.69, 9.17) is 4.74 Å². The average Bonchev–Trinajstić information content (AvgIpc) is 3.05. The van der Waals surface area contributed by atoms with E-state index in [0.717, 1.165) is 25.3 Å². The molecule has 6 nitrogen and oxygen atoms in total. The molecule has 134 valence electrons. The molecule has 2 fully saturated rings. The van der Waals surface area contributed by atoms with Gasteiger partial charge in [0.1, 0.15) is 5.82 Å². The van der Waals surface area contributed by atoms with Gasteiger partial charge in [-0.25, -0.2) is 4.98 Å². The molecule has 1 unspecified atom stereocenters. The summed E-state index contributed by atoms with van der Waals surface area (Å²) in [5.41, 5.74) is 0.338. The molecule has 1 atom stereocenters. The second-order valence-corrected chi connectivity index (χ2v) is 7.48. The standard InChI is InChI=1S/C18H30N4O2/c1-14(2)24-11-4-17(23)22(13-16-20-9-10-21(16)3)15-12-18(15)5-7-19-8-6-18/h9-10,14-15,19H,4-8,11-13H2,1-3H3. The Bertz CT molecular complexity index is 563. The smallest absolute Gasteiger partial charge is 0.225 e. The highest BCUT2D eigenvalue weighted by Crippen LogP contribution is 2.56. The zero-order valence-electron chi connectivity index (χ0n) is 15.1. The van der Waals surface area contributed by atoms with E-state index in [1.165, 1.54) is 12.8 Å². The first-order valence-corrected chi connectivity index (χ1v) is 9.10. The number of imidazole rings is 1. The van der Waals surface area contributed by atoms with Crippen LogP contribution < -0.4 is 5.32 Å². The molecule has 1 spiro atoms. The van der Waals surface area contributed by atoms with Gasteiger partial charge in [0.2, 0.25) is 5.91 Å². The van der Waals surface area contributed by atoms with Gasteiger partial charge in [0.05, 0.1) is 25.7 Å². The minimum absolute atomic E-state index is 0.164. The molecule has 1 aromatic rings. The van der Waals surface area contributed by atoms with E-state index in [-0.39, 0.29) is 12.0 Å². The van der Waals surface area contributed by atoms with E-state index in [1.54, 1.807) is 6.20 Å². The van der Waals surface area contributed by atoms with Crippen LogP contribution >= 0.6 is 0 Å². The van der Waals surface area contributed by atoms with Crippen molar-refractivity contribution in [1.82, 2.24) is 19.8 Å². The summed E-state index contributed by atoms with van der Waals surface area (Å²) in [7, 11) is 1.99. The van der Waals surface area contributed by atoms with E-state index < -0.39 is 0 Å². The third-order valence-corrected chi connectivity index (χ3v) is 5.44. The molecular formula is C18H30N4O2. The minimum Gasteiger partial charge on any atom is -0.378 e. The number of hydrogen-bond acceptors (Lipinski definition) is 4. The highest BCUT2D eigenvalue weighted by Gasteiger charge is 2.57. The highest BCUT2D eigenvalue weighted by atomic mass is 16.5. The van der Waals surface area contributed by atoms with E-state index in [9.17, 15) is 4.79 Å². The van der Waals surface area contributed by atoms with E-state index in [1.807, 2.05) is 31.7 Å². The topological polar surface area (TPSA) is 59.4 Å². The predicted octanol–water partition coefficient (Wildman–Crippen LogP) is 1.71. The van der Waals surface area contributed by atoms with Crippen LogP contribution in [-0.4, -0.2) is 52.2 Å². The highest BCUT2D eigenvalue weighted by molar-refractivity contribution is 5.77. The van der Waals surface area contributed by atoms with Gasteiger partial charge in [0.15, 0.2) is 0 Å². The van der Waals surface area contributed by atoms with Gasteiger partial charge in [-0.1, -0.05) is 0 Å². The molecule has 24 heavy (non-hydrogen) atoms. The molecule has 1 amide bonds. The molecule has 0 radical (unpaired) electrons. The number of nitrogens with zero attached hydrogens (tertiary/aromatic N) is 3. The molecule has 1 saturated carbocycles. The van der Waals surface area contributed by atoms with Crippen molar-refractivity contribution in [1.29, 1.82) is 0 Å². The minimum atomic E-state index is 0.164. The summed E-state index contributed by atoms with van der Waals surface area (Å²) in [6.07, 6.45) is 7.83. The summed E-state index contributed by atoms with van der Waals surface area (Å²) in [6, 6.07) is 0.364. The summed E-state index contributed by atoms with van der Waals surface area (Å²) in [6.45, 7) is 7.23. The van der Waals surface area contributed by atoms with Crippen molar-refractivity contribution in [2.45, 2.75) is 58.2 Å². The van der Waals surface area contributed by atoms with Crippen molar-refractivity contribution in [3.05, 3.63) is 18.2 Å². The van der Waals surface area contributed by atoms with Gasteiger partial charge >= 0.3 is 0 Å². The van der Waals surface area contributed by atoms with Crippen LogP contribution in [0.3, 0.4) is 0 Å². The van der Waals surface area contributed by atoms with Crippen LogP contribution in [-0.2, 0) is 23.1 Å². The normalized spacial score (nSPS) is 22.1. The largest absolute Gasteiger partial charge is 0.378 e. The maximum atomic E-state index is 12.9. The molecule has 2 heterocycles. The molecule has 0 bridgehead atoms. The van der Waals surface area contributed by atoms with Crippen LogP contribution in [0.1, 0.15) is 45.4 Å². The van der Waals surface area contributed by atoms with Crippen LogP contribution in [0.5, 0.6) is 0 Å². The molecular weight excluding hydrogens is 304 g/mol. The van der Waals surface area contributed by atoms with Crippen molar-refractivity contribution in [3.8, 4) is 0 Å². The van der Waals surface area contributed by atoms with Gasteiger partial charge in [-0.15, -0.1) is 0 Å². The number of rotatable bonds is 7. The van der Waals surface area contributed by atoms with Crippen LogP contribution in [0, 0.1) is 5.41 Å². The summed E-state index contributed by atoms with van der Waals surface area (Å²) in [4.78, 5) is 19.3. The van der Waals surface area contributed by atoms with Crippen molar-refractivity contribution in [3.63, 3.8) is 0 Å². The number of carbonyl (C=O) groups excluding carboxylic acids is 1. The lowest BCUT2D eigenvalue weighted by Crippen LogP contribution is -2.40. The maximum Gasteiger partial charge on any atom is 0.225 e. The van der Waals surface area contributed by atoms with Crippen LogP contribution in [0.2, 0.25) is 0 Å². The molecule has 6 heteroatoms. The summed E-state index contributed by atoms with van der Waals surface area (Å²) in [5.74, 6) is 1.14. The Morgan fingerprint density at radius 1 is 1.50 bits per heavy atom. The Morgan fingerprint density at radius 3 is 2.88 bits per heavy atom. The summed E-state index contributed by atoms with van der Waals surface area (Å²) in [5, 5.41) is 3.43. The van der Waals surface area contributed by atoms with Crippen molar-refractivity contribution >= 4 is 5.91 Å². The predicted molar refractivity (Wildman–Crippen MR) is 92.4 cm³/mol. The number of carbonyl (C=O) groups is 1. The second kappa shape index (κ2) is 7.23. The number of amides is 1. The molecule has 1 aliphatic heterocycles. The van der Waals surface area contributed by atoms with Gasteiger partial charge in [-0.2, -0.15) is 0 Å². The number of nitrogens with one attached hydrogen (secondary N) is 1. The number of piperidine rings is 1. The van der Waals surface area contributed by atoms with Crippen LogP contribution in [0.4, 0.5) is 0 Å². The number of aromatic nitrogens is 2. The van der Waals surface area contributed by atoms with Gasteiger partial charge in [-0.05, 0) is 51.6 Å². The van der Waals surface area contributed by atoms with Gasteiger partial charge in [0, 0.05) is 25.5 Å². The lowest BCUT2D eigenvalue weighted by atomic mass is 9.93. The van der Waals surface area contributed by atoms with Crippen molar-refractivity contribution < 1.29 is 9.53 Å². The van der Waals surface area contributed by atoms with Gasteiger partial charge in [0.25, 0.3) is 0 Å². The Kier molecular flexibility index (Phi) is 5.25. The third kappa shape index (κ3) is 3.81. The number of aryl methyl sites for hydroxylation is 1. The van der Waals surface area contributed by atoms with Crippen LogP contribution in [0.25, 0.3) is 0 Å². The van der Waals surface area contributed by atoms with Gasteiger partial charge < -0.3 is 19.5 Å². The summed E-state index contributed by atoms with van der Waals surface area (Å²) >= 11 is 0. The molecule has 1 aliphatic carbocycles. The zero-order valence-corrected chi connectivity index (χ0v) is 15.1.